The zero-order valence-electron chi connectivity index (χ0n) is 18.2. The van der Waals surface area contributed by atoms with E-state index in [0.717, 1.165) is 16.1 Å². The number of ether oxygens (including phenoxy) is 3. The molecule has 1 N–H and O–H groups in total. The number of hydrogen-bond donors (Lipinski definition) is 1. The van der Waals surface area contributed by atoms with Crippen molar-refractivity contribution in [2.45, 2.75) is 13.3 Å². The Balaban J connectivity index is 2.22. The van der Waals surface area contributed by atoms with Crippen molar-refractivity contribution in [2.75, 3.05) is 38.4 Å². The molecule has 0 fully saturated rings. The van der Waals surface area contributed by atoms with E-state index in [2.05, 4.69) is 10.5 Å². The Hall–Kier alpha value is -3.27. The predicted octanol–water partition coefficient (Wildman–Crippen LogP) is 2.41. The van der Waals surface area contributed by atoms with Gasteiger partial charge in [-0.3, -0.25) is 9.10 Å². The molecule has 0 unspecified atom stereocenters. The Bertz CT molecular complexity index is 1050. The first kappa shape index (κ1) is 24.0. The summed E-state index contributed by atoms with van der Waals surface area (Å²) in [6.45, 7) is 1.46. The van der Waals surface area contributed by atoms with Gasteiger partial charge in [-0.05, 0) is 36.8 Å². The number of hydrazone groups is 1. The maximum Gasteiger partial charge on any atom is 0.260 e. The molecular weight excluding hydrogens is 422 g/mol. The van der Waals surface area contributed by atoms with Crippen LogP contribution in [0.4, 0.5) is 5.69 Å². The average Bonchev–Trinajstić information content (AvgIpc) is 2.76. The van der Waals surface area contributed by atoms with Crippen molar-refractivity contribution in [1.82, 2.24) is 5.43 Å². The molecule has 0 saturated heterocycles. The third kappa shape index (κ3) is 6.35. The average molecular weight is 450 g/mol. The molecule has 2 aromatic rings. The topological polar surface area (TPSA) is 107 Å². The second-order valence-electron chi connectivity index (χ2n) is 6.49. The van der Waals surface area contributed by atoms with Gasteiger partial charge in [-0.25, -0.2) is 13.8 Å². The minimum atomic E-state index is -3.71. The molecule has 0 saturated carbocycles. The summed E-state index contributed by atoms with van der Waals surface area (Å²) in [5, 5.41) is 4.18. The normalized spacial score (nSPS) is 11.6. The van der Waals surface area contributed by atoms with E-state index in [1.54, 1.807) is 49.6 Å². The summed E-state index contributed by atoms with van der Waals surface area (Å²) in [4.78, 5) is 12.5. The Labute approximate surface area is 182 Å². The van der Waals surface area contributed by atoms with Crippen LogP contribution in [-0.4, -0.2) is 54.2 Å². The van der Waals surface area contributed by atoms with Crippen LogP contribution >= 0.6 is 0 Å². The summed E-state index contributed by atoms with van der Waals surface area (Å²) >= 11 is 0. The summed E-state index contributed by atoms with van der Waals surface area (Å²) in [5.74, 6) is 1.01. The van der Waals surface area contributed by atoms with Gasteiger partial charge in [-0.2, -0.15) is 5.10 Å². The van der Waals surface area contributed by atoms with E-state index in [1.807, 2.05) is 6.92 Å². The molecule has 10 heteroatoms. The zero-order valence-corrected chi connectivity index (χ0v) is 19.0. The van der Waals surface area contributed by atoms with Crippen LogP contribution in [0, 0.1) is 0 Å². The number of hydrogen-bond acceptors (Lipinski definition) is 7. The highest BCUT2D eigenvalue weighted by Gasteiger charge is 2.21. The van der Waals surface area contributed by atoms with Crippen LogP contribution in [0.25, 0.3) is 0 Å². The summed E-state index contributed by atoms with van der Waals surface area (Å²) in [6.07, 6.45) is 1.56. The number of benzene rings is 2. The van der Waals surface area contributed by atoms with E-state index in [1.165, 1.54) is 14.2 Å². The zero-order chi connectivity index (χ0) is 23.0. The lowest BCUT2D eigenvalue weighted by molar-refractivity contribution is -0.119. The number of amides is 1. The third-order valence-corrected chi connectivity index (χ3v) is 5.54. The third-order valence-electron chi connectivity index (χ3n) is 4.40. The molecule has 9 nitrogen and oxygen atoms in total. The molecule has 2 aromatic carbocycles. The van der Waals surface area contributed by atoms with Crippen molar-refractivity contribution in [3.63, 3.8) is 0 Å². The minimum Gasteiger partial charge on any atom is -0.497 e. The maximum absolute atomic E-state index is 12.5. The second kappa shape index (κ2) is 10.7. The minimum absolute atomic E-state index is 0.316. The highest BCUT2D eigenvalue weighted by Crippen LogP contribution is 2.28. The Morgan fingerprint density at radius 3 is 2.32 bits per heavy atom. The molecule has 0 aliphatic heterocycles. The van der Waals surface area contributed by atoms with Gasteiger partial charge < -0.3 is 14.2 Å². The lowest BCUT2D eigenvalue weighted by Gasteiger charge is -2.21. The largest absolute Gasteiger partial charge is 0.497 e. The van der Waals surface area contributed by atoms with Crippen LogP contribution in [0.15, 0.2) is 47.6 Å². The van der Waals surface area contributed by atoms with Crippen LogP contribution in [-0.2, 0) is 14.8 Å². The molecule has 0 aliphatic carbocycles. The van der Waals surface area contributed by atoms with Crippen molar-refractivity contribution in [3.8, 4) is 17.2 Å². The second-order valence-corrected chi connectivity index (χ2v) is 8.39. The molecule has 0 radical (unpaired) electrons. The Kier molecular flexibility index (Phi) is 8.26. The lowest BCUT2D eigenvalue weighted by Crippen LogP contribution is -2.39. The van der Waals surface area contributed by atoms with Gasteiger partial charge in [0, 0.05) is 11.6 Å². The van der Waals surface area contributed by atoms with Crippen molar-refractivity contribution < 1.29 is 27.4 Å². The molecule has 0 bridgehead atoms. The van der Waals surface area contributed by atoms with Crippen LogP contribution in [0.1, 0.15) is 18.9 Å². The first-order valence-corrected chi connectivity index (χ1v) is 11.3. The molecule has 168 valence electrons. The fourth-order valence-electron chi connectivity index (χ4n) is 2.82. The molecule has 2 rings (SSSR count). The van der Waals surface area contributed by atoms with Crippen LogP contribution in [0.2, 0.25) is 0 Å². The molecule has 31 heavy (non-hydrogen) atoms. The molecule has 0 aromatic heterocycles. The Morgan fingerprint density at radius 2 is 1.74 bits per heavy atom. The number of nitrogens with zero attached hydrogens (tertiary/aromatic N) is 2. The van der Waals surface area contributed by atoms with E-state index >= 15 is 0 Å². The maximum atomic E-state index is 12.5. The smallest absolute Gasteiger partial charge is 0.260 e. The molecule has 0 atom stereocenters. The number of carbonyl (C=O) groups excluding carboxylic acids is 1. The van der Waals surface area contributed by atoms with Gasteiger partial charge >= 0.3 is 0 Å². The molecular formula is C21H27N3O6S. The lowest BCUT2D eigenvalue weighted by atomic mass is 10.1. The number of anilines is 1. The summed E-state index contributed by atoms with van der Waals surface area (Å²) in [7, 11) is 0.841. The van der Waals surface area contributed by atoms with E-state index < -0.39 is 22.5 Å². The molecule has 0 spiro atoms. The summed E-state index contributed by atoms with van der Waals surface area (Å²) in [5.41, 5.74) is 4.10. The van der Waals surface area contributed by atoms with Gasteiger partial charge in [0.05, 0.1) is 39.0 Å². The summed E-state index contributed by atoms with van der Waals surface area (Å²) < 4.78 is 41.2. The standard InChI is InChI=1S/C21H27N3O6S/c1-6-18(15-10-11-19(29-3)20(12-15)30-4)22-23-21(25)14-24(31(5,26)27)16-8-7-9-17(13-16)28-2/h7-13H,6,14H2,1-5H3,(H,23,25)/b22-18-. The van der Waals surface area contributed by atoms with Crippen molar-refractivity contribution in [2.24, 2.45) is 5.10 Å². The monoisotopic (exact) mass is 449 g/mol. The van der Waals surface area contributed by atoms with Gasteiger partial charge in [0.15, 0.2) is 11.5 Å². The van der Waals surface area contributed by atoms with Crippen molar-refractivity contribution >= 4 is 27.3 Å². The molecule has 1 amide bonds. The Morgan fingerprint density at radius 1 is 1.03 bits per heavy atom. The van der Waals surface area contributed by atoms with Crippen molar-refractivity contribution in [1.29, 1.82) is 0 Å². The highest BCUT2D eigenvalue weighted by atomic mass is 32.2. The van der Waals surface area contributed by atoms with Crippen LogP contribution in [0.3, 0.4) is 0 Å². The SMILES string of the molecule is CC/C(=N/NC(=O)CN(c1cccc(OC)c1)S(C)(=O)=O)c1ccc(OC)c(OC)c1. The number of methoxy groups -OCH3 is 3. The van der Waals surface area contributed by atoms with Crippen LogP contribution < -0.4 is 23.9 Å². The molecule has 0 aliphatic rings. The van der Waals surface area contributed by atoms with Gasteiger partial charge in [0.2, 0.25) is 10.0 Å². The number of carbonyl (C=O) groups is 1. The van der Waals surface area contributed by atoms with E-state index in [4.69, 9.17) is 14.2 Å². The van der Waals surface area contributed by atoms with Gasteiger partial charge in [-0.15, -0.1) is 0 Å². The van der Waals surface area contributed by atoms with Crippen molar-refractivity contribution in [3.05, 3.63) is 48.0 Å². The first-order valence-electron chi connectivity index (χ1n) is 9.43. The van der Waals surface area contributed by atoms with Gasteiger partial charge in [-0.1, -0.05) is 13.0 Å². The fourth-order valence-corrected chi connectivity index (χ4v) is 3.67. The van der Waals surface area contributed by atoms with E-state index in [9.17, 15) is 13.2 Å². The number of sulfonamides is 1. The first-order chi connectivity index (χ1) is 14.7. The summed E-state index contributed by atoms with van der Waals surface area (Å²) in [6, 6.07) is 11.8. The highest BCUT2D eigenvalue weighted by molar-refractivity contribution is 7.92. The fraction of sp³-hybridized carbons (Fsp3) is 0.333. The van der Waals surface area contributed by atoms with Gasteiger partial charge in [0.25, 0.3) is 5.91 Å². The molecule has 0 heterocycles. The quantitative estimate of drug-likeness (QED) is 0.441. The predicted molar refractivity (Wildman–Crippen MR) is 120 cm³/mol. The van der Waals surface area contributed by atoms with E-state index in [-0.39, 0.29) is 0 Å². The number of rotatable bonds is 10. The van der Waals surface area contributed by atoms with Crippen LogP contribution in [0.5, 0.6) is 17.2 Å². The van der Waals surface area contributed by atoms with E-state index in [0.29, 0.717) is 35.1 Å². The number of nitrogens with one attached hydrogen (secondary N) is 1. The van der Waals surface area contributed by atoms with Gasteiger partial charge in [0.1, 0.15) is 12.3 Å².